The smallest absolute Gasteiger partial charge is 0.420 e. The molecule has 0 aliphatic carbocycles. The molecule has 2 aliphatic rings. The highest BCUT2D eigenvalue weighted by Crippen LogP contribution is 2.50. The molecule has 198 valence electrons. The summed E-state index contributed by atoms with van der Waals surface area (Å²) in [5.41, 5.74) is 4.12. The van der Waals surface area contributed by atoms with E-state index in [1.807, 2.05) is 4.90 Å². The van der Waals surface area contributed by atoms with Crippen molar-refractivity contribution in [3.8, 4) is 28.8 Å². The quantitative estimate of drug-likeness (QED) is 0.515. The average molecular weight is 527 g/mol. The number of fused-ring (bicyclic) bond motifs is 1. The van der Waals surface area contributed by atoms with Gasteiger partial charge in [0.1, 0.15) is 23.3 Å². The minimum Gasteiger partial charge on any atom is -0.493 e. The Morgan fingerprint density at radius 2 is 1.74 bits per heavy atom. The number of nitrogens with zero attached hydrogens (tertiary/aromatic N) is 4. The number of alkyl halides is 3. The number of nitrogens with one attached hydrogen (secondary N) is 1. The summed E-state index contributed by atoms with van der Waals surface area (Å²) in [6, 6.07) is 14.1. The number of morpholine rings is 1. The molecule has 1 atom stereocenters. The summed E-state index contributed by atoms with van der Waals surface area (Å²) < 4.78 is 61.9. The highest BCUT2D eigenvalue weighted by atomic mass is 19.4. The lowest BCUT2D eigenvalue weighted by Crippen LogP contribution is -2.53. The van der Waals surface area contributed by atoms with E-state index in [-0.39, 0.29) is 11.4 Å². The highest BCUT2D eigenvalue weighted by molar-refractivity contribution is 5.76. The Bertz CT molecular complexity index is 1420. The van der Waals surface area contributed by atoms with E-state index in [2.05, 4.69) is 10.4 Å². The molecule has 1 unspecified atom stereocenters. The molecule has 9 nitrogen and oxygen atoms in total. The summed E-state index contributed by atoms with van der Waals surface area (Å²) in [7, 11) is 2.97. The number of hydrogen-bond acceptors (Lipinski definition) is 8. The van der Waals surface area contributed by atoms with Crippen molar-refractivity contribution in [2.45, 2.75) is 11.7 Å². The van der Waals surface area contributed by atoms with E-state index in [9.17, 15) is 18.4 Å². The molecule has 5 rings (SSSR count). The van der Waals surface area contributed by atoms with Crippen molar-refractivity contribution < 1.29 is 27.4 Å². The third kappa shape index (κ3) is 3.95. The number of halogens is 3. The molecule has 0 amide bonds. The minimum atomic E-state index is -4.91. The second-order valence-corrected chi connectivity index (χ2v) is 8.79. The summed E-state index contributed by atoms with van der Waals surface area (Å²) in [4.78, 5) is 2.03. The number of methoxy groups -OCH3 is 2. The van der Waals surface area contributed by atoms with Crippen molar-refractivity contribution in [2.24, 2.45) is 5.73 Å². The number of nitrogens with two attached hydrogens (primary N) is 1. The monoisotopic (exact) mass is 526 g/mol. The fourth-order valence-electron chi connectivity index (χ4n) is 4.82. The van der Waals surface area contributed by atoms with Crippen molar-refractivity contribution in [3.63, 3.8) is 0 Å². The molecule has 2 aliphatic heterocycles. The number of aromatic nitrogens is 2. The van der Waals surface area contributed by atoms with Gasteiger partial charge < -0.3 is 30.2 Å². The Kier molecular flexibility index (Phi) is 6.32. The second kappa shape index (κ2) is 9.50. The Morgan fingerprint density at radius 1 is 1.05 bits per heavy atom. The van der Waals surface area contributed by atoms with Crippen LogP contribution in [0.3, 0.4) is 0 Å². The van der Waals surface area contributed by atoms with Crippen molar-refractivity contribution in [1.29, 1.82) is 5.26 Å². The number of nitriles is 1. The van der Waals surface area contributed by atoms with E-state index in [1.54, 1.807) is 36.4 Å². The summed E-state index contributed by atoms with van der Waals surface area (Å²) in [5, 5.41) is 16.9. The molecule has 1 fully saturated rings. The molecular weight excluding hydrogens is 501 g/mol. The van der Waals surface area contributed by atoms with Gasteiger partial charge in [-0.1, -0.05) is 12.1 Å². The molecule has 0 radical (unpaired) electrons. The molecule has 3 heterocycles. The van der Waals surface area contributed by atoms with Gasteiger partial charge in [0.25, 0.3) is 0 Å². The zero-order chi connectivity index (χ0) is 27.1. The molecule has 0 bridgehead atoms. The summed E-state index contributed by atoms with van der Waals surface area (Å²) >= 11 is 0. The van der Waals surface area contributed by atoms with Crippen molar-refractivity contribution in [1.82, 2.24) is 9.78 Å². The lowest BCUT2D eigenvalue weighted by molar-refractivity contribution is -0.170. The third-order valence-corrected chi connectivity index (χ3v) is 6.78. The van der Waals surface area contributed by atoms with Gasteiger partial charge in [-0.2, -0.15) is 23.5 Å². The number of rotatable bonds is 5. The maximum Gasteiger partial charge on any atom is 0.420 e. The van der Waals surface area contributed by atoms with Gasteiger partial charge in [-0.25, -0.2) is 4.68 Å². The molecule has 1 saturated heterocycles. The van der Waals surface area contributed by atoms with Crippen LogP contribution in [0.1, 0.15) is 5.56 Å². The fourth-order valence-corrected chi connectivity index (χ4v) is 4.82. The largest absolute Gasteiger partial charge is 0.493 e. The summed E-state index contributed by atoms with van der Waals surface area (Å²) in [5.74, 6) is 0.486. The average Bonchev–Trinajstić information content (AvgIpc) is 3.37. The van der Waals surface area contributed by atoms with Gasteiger partial charge in [-0.15, -0.1) is 0 Å². The molecule has 12 heteroatoms. The molecule has 0 saturated carbocycles. The first-order valence-corrected chi connectivity index (χ1v) is 11.7. The van der Waals surface area contributed by atoms with Crippen LogP contribution < -0.4 is 25.4 Å². The van der Waals surface area contributed by atoms with Crippen LogP contribution in [-0.4, -0.2) is 56.5 Å². The van der Waals surface area contributed by atoms with E-state index < -0.39 is 23.1 Å². The standard InChI is InChI=1S/C26H25F3N6O3/c1-36-21-8-3-16(13-22(21)37-2)20-14-23-32-25(26(27,28)29,19(15-30)24(31)35(23)33-20)17-4-6-18(7-5-17)34-9-11-38-12-10-34/h3-8,13-14,32H,9-12,31H2,1-2H3. The molecule has 3 aromatic rings. The van der Waals surface area contributed by atoms with Crippen LogP contribution in [0.2, 0.25) is 0 Å². The fraction of sp³-hybridized carbons (Fsp3) is 0.308. The topological polar surface area (TPSA) is 111 Å². The zero-order valence-corrected chi connectivity index (χ0v) is 20.7. The van der Waals surface area contributed by atoms with E-state index in [4.69, 9.17) is 19.9 Å². The van der Waals surface area contributed by atoms with Crippen molar-refractivity contribution in [3.05, 3.63) is 59.7 Å². The first kappa shape index (κ1) is 25.3. The molecule has 1 aromatic heterocycles. The summed E-state index contributed by atoms with van der Waals surface area (Å²) in [6.07, 6.45) is -4.91. The van der Waals surface area contributed by atoms with Crippen LogP contribution in [0.15, 0.2) is 54.1 Å². The maximum absolute atomic E-state index is 15.0. The number of ether oxygens (including phenoxy) is 3. The Labute approximate surface area is 216 Å². The molecule has 0 spiro atoms. The van der Waals surface area contributed by atoms with E-state index >= 15 is 0 Å². The normalized spacial score (nSPS) is 19.4. The van der Waals surface area contributed by atoms with Gasteiger partial charge in [0, 0.05) is 30.4 Å². The SMILES string of the molecule is COc1ccc(-c2cc3n(n2)C(N)=C(C#N)C(c2ccc(N4CCOCC4)cc2)(C(F)(F)F)N3)cc1OC. The van der Waals surface area contributed by atoms with Crippen LogP contribution in [0.5, 0.6) is 11.5 Å². The molecular formula is C26H25F3N6O3. The molecule has 3 N–H and O–H groups in total. The first-order chi connectivity index (χ1) is 18.2. The summed E-state index contributed by atoms with van der Waals surface area (Å²) in [6.45, 7) is 2.35. The lowest BCUT2D eigenvalue weighted by Gasteiger charge is -2.40. The van der Waals surface area contributed by atoms with E-state index in [0.29, 0.717) is 49.1 Å². The van der Waals surface area contributed by atoms with Crippen LogP contribution in [0.25, 0.3) is 17.1 Å². The minimum absolute atomic E-state index is 0.0131. The second-order valence-electron chi connectivity index (χ2n) is 8.79. The molecule has 38 heavy (non-hydrogen) atoms. The zero-order valence-electron chi connectivity index (χ0n) is 20.7. The third-order valence-electron chi connectivity index (χ3n) is 6.78. The Hall–Kier alpha value is -4.37. The predicted octanol–water partition coefficient (Wildman–Crippen LogP) is 3.94. The van der Waals surface area contributed by atoms with Crippen LogP contribution in [0.4, 0.5) is 24.7 Å². The van der Waals surface area contributed by atoms with Gasteiger partial charge in [-0.05, 0) is 35.9 Å². The van der Waals surface area contributed by atoms with E-state index in [1.165, 1.54) is 32.4 Å². The number of hydrogen-bond donors (Lipinski definition) is 2. The van der Waals surface area contributed by atoms with Gasteiger partial charge in [0.15, 0.2) is 17.0 Å². The van der Waals surface area contributed by atoms with Crippen LogP contribution in [-0.2, 0) is 10.3 Å². The van der Waals surface area contributed by atoms with E-state index in [0.717, 1.165) is 10.4 Å². The molecule has 2 aromatic carbocycles. The lowest BCUT2D eigenvalue weighted by atomic mass is 9.80. The van der Waals surface area contributed by atoms with Crippen molar-refractivity contribution in [2.75, 3.05) is 50.7 Å². The highest BCUT2D eigenvalue weighted by Gasteiger charge is 2.62. The van der Waals surface area contributed by atoms with Gasteiger partial charge >= 0.3 is 6.18 Å². The van der Waals surface area contributed by atoms with Crippen LogP contribution in [0, 0.1) is 11.3 Å². The maximum atomic E-state index is 15.0. The predicted molar refractivity (Wildman–Crippen MR) is 135 cm³/mol. The Balaban J connectivity index is 1.60. The van der Waals surface area contributed by atoms with Crippen LogP contribution >= 0.6 is 0 Å². The first-order valence-electron chi connectivity index (χ1n) is 11.7. The van der Waals surface area contributed by atoms with Gasteiger partial charge in [0.05, 0.1) is 33.1 Å². The number of benzene rings is 2. The Morgan fingerprint density at radius 3 is 2.34 bits per heavy atom. The van der Waals surface area contributed by atoms with Crippen molar-refractivity contribution >= 4 is 17.3 Å². The van der Waals surface area contributed by atoms with Gasteiger partial charge in [-0.3, -0.25) is 0 Å². The van der Waals surface area contributed by atoms with Gasteiger partial charge in [0.2, 0.25) is 0 Å². The number of anilines is 2.